The van der Waals surface area contributed by atoms with Crippen LogP contribution in [0.3, 0.4) is 0 Å². The van der Waals surface area contributed by atoms with Crippen molar-refractivity contribution in [2.75, 3.05) is 32.9 Å². The van der Waals surface area contributed by atoms with E-state index in [-0.39, 0.29) is 31.1 Å². The van der Waals surface area contributed by atoms with Crippen LogP contribution in [0.4, 0.5) is 0 Å². The molecule has 0 spiro atoms. The number of rotatable bonds is 9. The SMILES string of the molecule is CCOc1ccc(OCC(=O)N2CCC(NC(=O)COc3ccc(C)cc3C)CC2)cc1. The number of nitrogens with zero attached hydrogens (tertiary/aromatic N) is 1. The first kappa shape index (κ1) is 23.4. The number of piperidine rings is 1. The predicted molar refractivity (Wildman–Crippen MR) is 122 cm³/mol. The molecule has 0 atom stereocenters. The average Bonchev–Trinajstić information content (AvgIpc) is 2.78. The summed E-state index contributed by atoms with van der Waals surface area (Å²) in [6, 6.07) is 13.1. The van der Waals surface area contributed by atoms with Crippen LogP contribution in [0, 0.1) is 13.8 Å². The quantitative estimate of drug-likeness (QED) is 0.648. The fourth-order valence-electron chi connectivity index (χ4n) is 3.68. The lowest BCUT2D eigenvalue weighted by molar-refractivity contribution is -0.134. The van der Waals surface area contributed by atoms with Crippen LogP contribution in [-0.2, 0) is 9.59 Å². The summed E-state index contributed by atoms with van der Waals surface area (Å²) in [5, 5.41) is 3.01. The Labute approximate surface area is 189 Å². The Bertz CT molecular complexity index is 905. The Hall–Kier alpha value is -3.22. The maximum absolute atomic E-state index is 12.5. The average molecular weight is 441 g/mol. The molecule has 1 N–H and O–H groups in total. The minimum atomic E-state index is -0.145. The smallest absolute Gasteiger partial charge is 0.260 e. The summed E-state index contributed by atoms with van der Waals surface area (Å²) in [7, 11) is 0. The summed E-state index contributed by atoms with van der Waals surface area (Å²) in [6.07, 6.45) is 1.42. The van der Waals surface area contributed by atoms with Crippen molar-refractivity contribution in [3.05, 3.63) is 53.6 Å². The number of carbonyl (C=O) groups excluding carboxylic acids is 2. The van der Waals surface area contributed by atoms with Gasteiger partial charge in [0.05, 0.1) is 6.61 Å². The molecule has 1 heterocycles. The molecule has 32 heavy (non-hydrogen) atoms. The van der Waals surface area contributed by atoms with Gasteiger partial charge in [-0.25, -0.2) is 0 Å². The van der Waals surface area contributed by atoms with Crippen molar-refractivity contribution < 1.29 is 23.8 Å². The molecule has 2 amide bonds. The van der Waals surface area contributed by atoms with Crippen LogP contribution in [0.1, 0.15) is 30.9 Å². The lowest BCUT2D eigenvalue weighted by atomic mass is 10.1. The van der Waals surface area contributed by atoms with Gasteiger partial charge in [0.25, 0.3) is 11.8 Å². The van der Waals surface area contributed by atoms with Gasteiger partial charge in [0.2, 0.25) is 0 Å². The number of benzene rings is 2. The van der Waals surface area contributed by atoms with E-state index < -0.39 is 0 Å². The maximum Gasteiger partial charge on any atom is 0.260 e. The second kappa shape index (κ2) is 11.4. The van der Waals surface area contributed by atoms with Gasteiger partial charge in [-0.15, -0.1) is 0 Å². The summed E-state index contributed by atoms with van der Waals surface area (Å²) in [4.78, 5) is 26.5. The van der Waals surface area contributed by atoms with E-state index in [0.29, 0.717) is 38.3 Å². The fourth-order valence-corrected chi connectivity index (χ4v) is 3.68. The van der Waals surface area contributed by atoms with Gasteiger partial charge in [-0.2, -0.15) is 0 Å². The topological polar surface area (TPSA) is 77.1 Å². The van der Waals surface area contributed by atoms with Gasteiger partial charge in [-0.05, 0) is 69.5 Å². The predicted octanol–water partition coefficient (Wildman–Crippen LogP) is 3.27. The molecule has 0 bridgehead atoms. The number of hydrogen-bond acceptors (Lipinski definition) is 5. The number of amides is 2. The minimum Gasteiger partial charge on any atom is -0.494 e. The number of carbonyl (C=O) groups is 2. The zero-order valence-corrected chi connectivity index (χ0v) is 19.1. The number of aryl methyl sites for hydroxylation is 2. The van der Waals surface area contributed by atoms with Gasteiger partial charge in [-0.1, -0.05) is 17.7 Å². The van der Waals surface area contributed by atoms with Crippen molar-refractivity contribution in [3.8, 4) is 17.2 Å². The Balaban J connectivity index is 1.35. The molecule has 1 aliphatic heterocycles. The molecule has 0 aromatic heterocycles. The van der Waals surface area contributed by atoms with Crippen molar-refractivity contribution in [1.82, 2.24) is 10.2 Å². The van der Waals surface area contributed by atoms with Crippen LogP contribution in [0.2, 0.25) is 0 Å². The molecule has 172 valence electrons. The molecule has 0 unspecified atom stereocenters. The highest BCUT2D eigenvalue weighted by molar-refractivity contribution is 5.79. The molecule has 2 aromatic rings. The third-order valence-electron chi connectivity index (χ3n) is 5.40. The van der Waals surface area contributed by atoms with E-state index in [1.807, 2.05) is 51.1 Å². The molecule has 1 saturated heterocycles. The lowest BCUT2D eigenvalue weighted by Gasteiger charge is -2.32. The van der Waals surface area contributed by atoms with Crippen LogP contribution >= 0.6 is 0 Å². The standard InChI is InChI=1S/C25H32N2O5/c1-4-30-21-6-8-22(9-7-21)31-17-25(29)27-13-11-20(12-14-27)26-24(28)16-32-23-10-5-18(2)15-19(23)3/h5-10,15,20H,4,11-14,16-17H2,1-3H3,(H,26,28). The fraction of sp³-hybridized carbons (Fsp3) is 0.440. The Morgan fingerprint density at radius 3 is 2.22 bits per heavy atom. The molecule has 1 fully saturated rings. The largest absolute Gasteiger partial charge is 0.494 e. The molecule has 1 aliphatic rings. The number of likely N-dealkylation sites (tertiary alicyclic amines) is 1. The Morgan fingerprint density at radius 1 is 0.938 bits per heavy atom. The van der Waals surface area contributed by atoms with Crippen LogP contribution in [0.5, 0.6) is 17.2 Å². The molecule has 2 aromatic carbocycles. The number of hydrogen-bond donors (Lipinski definition) is 1. The molecular formula is C25H32N2O5. The van der Waals surface area contributed by atoms with Gasteiger partial charge in [0.1, 0.15) is 17.2 Å². The lowest BCUT2D eigenvalue weighted by Crippen LogP contribution is -2.48. The van der Waals surface area contributed by atoms with Crippen LogP contribution in [0.25, 0.3) is 0 Å². The number of nitrogens with one attached hydrogen (secondary N) is 1. The normalized spacial score (nSPS) is 14.0. The van der Waals surface area contributed by atoms with Crippen LogP contribution in [0.15, 0.2) is 42.5 Å². The van der Waals surface area contributed by atoms with Gasteiger partial charge < -0.3 is 24.4 Å². The molecule has 0 saturated carbocycles. The van der Waals surface area contributed by atoms with Crippen LogP contribution in [-0.4, -0.2) is 55.7 Å². The van der Waals surface area contributed by atoms with E-state index in [4.69, 9.17) is 14.2 Å². The van der Waals surface area contributed by atoms with Gasteiger partial charge in [-0.3, -0.25) is 9.59 Å². The first-order valence-electron chi connectivity index (χ1n) is 11.1. The first-order valence-corrected chi connectivity index (χ1v) is 11.1. The second-order valence-corrected chi connectivity index (χ2v) is 7.97. The van der Waals surface area contributed by atoms with E-state index in [0.717, 1.165) is 22.6 Å². The third-order valence-corrected chi connectivity index (χ3v) is 5.40. The highest BCUT2D eigenvalue weighted by Gasteiger charge is 2.24. The zero-order chi connectivity index (χ0) is 22.9. The van der Waals surface area contributed by atoms with E-state index in [1.165, 1.54) is 0 Å². The second-order valence-electron chi connectivity index (χ2n) is 7.97. The van der Waals surface area contributed by atoms with Crippen molar-refractivity contribution in [3.63, 3.8) is 0 Å². The molecule has 0 radical (unpaired) electrons. The third kappa shape index (κ3) is 6.90. The summed E-state index contributed by atoms with van der Waals surface area (Å²) in [5.74, 6) is 1.93. The minimum absolute atomic E-state index is 0.00521. The van der Waals surface area contributed by atoms with E-state index in [9.17, 15) is 9.59 Å². The van der Waals surface area contributed by atoms with E-state index in [2.05, 4.69) is 5.32 Å². The Morgan fingerprint density at radius 2 is 1.59 bits per heavy atom. The molecule has 0 aliphatic carbocycles. The highest BCUT2D eigenvalue weighted by Crippen LogP contribution is 2.19. The maximum atomic E-state index is 12.5. The zero-order valence-electron chi connectivity index (χ0n) is 19.1. The number of ether oxygens (including phenoxy) is 3. The monoisotopic (exact) mass is 440 g/mol. The molecule has 3 rings (SSSR count). The van der Waals surface area contributed by atoms with E-state index >= 15 is 0 Å². The highest BCUT2D eigenvalue weighted by atomic mass is 16.5. The summed E-state index contributed by atoms with van der Waals surface area (Å²) in [5.41, 5.74) is 2.17. The van der Waals surface area contributed by atoms with E-state index in [1.54, 1.807) is 17.0 Å². The van der Waals surface area contributed by atoms with Gasteiger partial charge in [0.15, 0.2) is 13.2 Å². The first-order chi connectivity index (χ1) is 15.4. The van der Waals surface area contributed by atoms with Gasteiger partial charge >= 0.3 is 0 Å². The molecular weight excluding hydrogens is 408 g/mol. The van der Waals surface area contributed by atoms with Crippen molar-refractivity contribution in [1.29, 1.82) is 0 Å². The molecule has 7 heteroatoms. The Kier molecular flexibility index (Phi) is 8.36. The van der Waals surface area contributed by atoms with Crippen molar-refractivity contribution >= 4 is 11.8 Å². The summed E-state index contributed by atoms with van der Waals surface area (Å²) in [6.45, 7) is 7.68. The summed E-state index contributed by atoms with van der Waals surface area (Å²) >= 11 is 0. The van der Waals surface area contributed by atoms with Crippen molar-refractivity contribution in [2.24, 2.45) is 0 Å². The van der Waals surface area contributed by atoms with Crippen molar-refractivity contribution in [2.45, 2.75) is 39.7 Å². The summed E-state index contributed by atoms with van der Waals surface area (Å²) < 4.78 is 16.6. The molecule has 7 nitrogen and oxygen atoms in total. The van der Waals surface area contributed by atoms with Crippen LogP contribution < -0.4 is 19.5 Å². The van der Waals surface area contributed by atoms with Gasteiger partial charge in [0, 0.05) is 19.1 Å².